The molecule has 1 saturated heterocycles. The Morgan fingerprint density at radius 1 is 1.17 bits per heavy atom. The summed E-state index contributed by atoms with van der Waals surface area (Å²) in [6.07, 6.45) is 0.295. The van der Waals surface area contributed by atoms with E-state index in [2.05, 4.69) is 15.6 Å². The van der Waals surface area contributed by atoms with E-state index in [0.717, 1.165) is 11.4 Å². The fraction of sp³-hybridized carbons (Fsp3) is 0.235. The van der Waals surface area contributed by atoms with Gasteiger partial charge in [-0.1, -0.05) is 24.3 Å². The summed E-state index contributed by atoms with van der Waals surface area (Å²) in [6, 6.07) is 14.3. The SMILES string of the molecule is Cc1cccc(NC(=O)N[C@H]2CC(=O)N(c3ccccc3)C2)n1. The van der Waals surface area contributed by atoms with E-state index in [1.54, 1.807) is 11.0 Å². The fourth-order valence-corrected chi connectivity index (χ4v) is 2.61. The highest BCUT2D eigenvalue weighted by molar-refractivity contribution is 5.97. The maximum atomic E-state index is 12.1. The van der Waals surface area contributed by atoms with Crippen LogP contribution in [0.4, 0.5) is 16.3 Å². The van der Waals surface area contributed by atoms with Crippen molar-refractivity contribution in [1.29, 1.82) is 0 Å². The predicted molar refractivity (Wildman–Crippen MR) is 88.3 cm³/mol. The molecule has 6 nitrogen and oxygen atoms in total. The lowest BCUT2D eigenvalue weighted by Crippen LogP contribution is -2.39. The molecule has 1 aromatic carbocycles. The molecule has 0 bridgehead atoms. The minimum absolute atomic E-state index is 0.00943. The summed E-state index contributed by atoms with van der Waals surface area (Å²) in [5, 5.41) is 5.51. The first-order chi connectivity index (χ1) is 11.1. The summed E-state index contributed by atoms with van der Waals surface area (Å²) in [6.45, 7) is 2.33. The minimum atomic E-state index is -0.351. The Morgan fingerprint density at radius 2 is 1.96 bits per heavy atom. The molecule has 3 amide bonds. The first-order valence-electron chi connectivity index (χ1n) is 7.48. The number of hydrogen-bond acceptors (Lipinski definition) is 3. The molecule has 1 aromatic heterocycles. The van der Waals surface area contributed by atoms with E-state index in [0.29, 0.717) is 18.8 Å². The standard InChI is InChI=1S/C17H18N4O2/c1-12-6-5-9-15(18-12)20-17(23)19-13-10-16(22)21(11-13)14-7-3-2-4-8-14/h2-9,13H,10-11H2,1H3,(H2,18,19,20,23)/t13-/m0/s1. The van der Waals surface area contributed by atoms with Gasteiger partial charge in [-0.3, -0.25) is 10.1 Å². The number of rotatable bonds is 3. The molecule has 1 atom stereocenters. The first kappa shape index (κ1) is 15.0. The van der Waals surface area contributed by atoms with Crippen LogP contribution in [0.1, 0.15) is 12.1 Å². The highest BCUT2D eigenvalue weighted by Crippen LogP contribution is 2.21. The lowest BCUT2D eigenvalue weighted by molar-refractivity contribution is -0.117. The molecule has 2 aromatic rings. The van der Waals surface area contributed by atoms with Crippen LogP contribution >= 0.6 is 0 Å². The number of nitrogens with one attached hydrogen (secondary N) is 2. The second kappa shape index (κ2) is 6.48. The van der Waals surface area contributed by atoms with E-state index in [4.69, 9.17) is 0 Å². The van der Waals surface area contributed by atoms with Gasteiger partial charge in [-0.25, -0.2) is 9.78 Å². The maximum absolute atomic E-state index is 12.1. The molecule has 0 spiro atoms. The van der Waals surface area contributed by atoms with E-state index in [9.17, 15) is 9.59 Å². The van der Waals surface area contributed by atoms with Crippen LogP contribution in [-0.4, -0.2) is 29.5 Å². The molecule has 6 heteroatoms. The average molecular weight is 310 g/mol. The van der Waals surface area contributed by atoms with Crippen LogP contribution in [0.15, 0.2) is 48.5 Å². The zero-order chi connectivity index (χ0) is 16.2. The van der Waals surface area contributed by atoms with Crippen LogP contribution in [0.3, 0.4) is 0 Å². The lowest BCUT2D eigenvalue weighted by atomic mass is 10.2. The highest BCUT2D eigenvalue weighted by atomic mass is 16.2. The Kier molecular flexibility index (Phi) is 4.23. The third kappa shape index (κ3) is 3.66. The Balaban J connectivity index is 1.59. The number of aryl methyl sites for hydroxylation is 1. The molecule has 0 unspecified atom stereocenters. The second-order valence-electron chi connectivity index (χ2n) is 5.50. The molecular formula is C17H18N4O2. The van der Waals surface area contributed by atoms with Crippen molar-refractivity contribution >= 4 is 23.4 Å². The zero-order valence-electron chi connectivity index (χ0n) is 12.8. The highest BCUT2D eigenvalue weighted by Gasteiger charge is 2.31. The van der Waals surface area contributed by atoms with Crippen molar-refractivity contribution in [3.63, 3.8) is 0 Å². The van der Waals surface area contributed by atoms with Gasteiger partial charge >= 0.3 is 6.03 Å². The number of hydrogen-bond donors (Lipinski definition) is 2. The smallest absolute Gasteiger partial charge is 0.320 e. The second-order valence-corrected chi connectivity index (χ2v) is 5.50. The van der Waals surface area contributed by atoms with Crippen molar-refractivity contribution in [1.82, 2.24) is 10.3 Å². The Labute approximate surface area is 134 Å². The van der Waals surface area contributed by atoms with E-state index in [-0.39, 0.29) is 18.0 Å². The number of carbonyl (C=O) groups excluding carboxylic acids is 2. The average Bonchev–Trinajstić information content (AvgIpc) is 2.88. The number of anilines is 2. The first-order valence-corrected chi connectivity index (χ1v) is 7.48. The van der Waals surface area contributed by atoms with Crippen LogP contribution in [0, 0.1) is 6.92 Å². The monoisotopic (exact) mass is 310 g/mol. The van der Waals surface area contributed by atoms with Gasteiger partial charge in [-0.2, -0.15) is 0 Å². The van der Waals surface area contributed by atoms with Crippen LogP contribution in [0.5, 0.6) is 0 Å². The molecule has 0 radical (unpaired) electrons. The van der Waals surface area contributed by atoms with E-state index < -0.39 is 0 Å². The zero-order valence-corrected chi connectivity index (χ0v) is 12.8. The molecule has 0 aliphatic carbocycles. The molecule has 118 valence electrons. The molecule has 0 saturated carbocycles. The third-order valence-electron chi connectivity index (χ3n) is 3.66. The molecular weight excluding hydrogens is 292 g/mol. The molecule has 23 heavy (non-hydrogen) atoms. The van der Waals surface area contributed by atoms with Gasteiger partial charge in [-0.05, 0) is 31.2 Å². The summed E-state index contributed by atoms with van der Waals surface area (Å²) in [4.78, 5) is 30.1. The quantitative estimate of drug-likeness (QED) is 0.913. The predicted octanol–water partition coefficient (Wildman–Crippen LogP) is 2.32. The van der Waals surface area contributed by atoms with Gasteiger partial charge in [0.15, 0.2) is 0 Å². The fourth-order valence-electron chi connectivity index (χ4n) is 2.61. The van der Waals surface area contributed by atoms with Crippen molar-refractivity contribution in [3.8, 4) is 0 Å². The minimum Gasteiger partial charge on any atom is -0.333 e. The van der Waals surface area contributed by atoms with Gasteiger partial charge in [0.1, 0.15) is 5.82 Å². The van der Waals surface area contributed by atoms with Crippen LogP contribution in [-0.2, 0) is 4.79 Å². The van der Waals surface area contributed by atoms with Gasteiger partial charge < -0.3 is 10.2 Å². The van der Waals surface area contributed by atoms with E-state index in [1.807, 2.05) is 49.4 Å². The van der Waals surface area contributed by atoms with Crippen LogP contribution in [0.25, 0.3) is 0 Å². The van der Waals surface area contributed by atoms with Gasteiger partial charge in [-0.15, -0.1) is 0 Å². The third-order valence-corrected chi connectivity index (χ3v) is 3.66. The molecule has 2 heterocycles. The normalized spacial score (nSPS) is 17.2. The Morgan fingerprint density at radius 3 is 2.70 bits per heavy atom. The molecule has 3 rings (SSSR count). The summed E-state index contributed by atoms with van der Waals surface area (Å²) in [5.41, 5.74) is 1.68. The van der Waals surface area contributed by atoms with E-state index >= 15 is 0 Å². The van der Waals surface area contributed by atoms with E-state index in [1.165, 1.54) is 0 Å². The van der Waals surface area contributed by atoms with Gasteiger partial charge in [0.2, 0.25) is 5.91 Å². The maximum Gasteiger partial charge on any atom is 0.320 e. The number of carbonyl (C=O) groups is 2. The molecule has 1 fully saturated rings. The van der Waals surface area contributed by atoms with Gasteiger partial charge in [0.05, 0.1) is 6.04 Å². The Hall–Kier alpha value is -2.89. The molecule has 2 N–H and O–H groups in total. The van der Waals surface area contributed by atoms with Crippen molar-refractivity contribution in [2.24, 2.45) is 0 Å². The summed E-state index contributed by atoms with van der Waals surface area (Å²) < 4.78 is 0. The number of aromatic nitrogens is 1. The lowest BCUT2D eigenvalue weighted by Gasteiger charge is -2.17. The number of para-hydroxylation sites is 1. The van der Waals surface area contributed by atoms with Crippen molar-refractivity contribution in [2.75, 3.05) is 16.8 Å². The van der Waals surface area contributed by atoms with Crippen molar-refractivity contribution in [2.45, 2.75) is 19.4 Å². The topological polar surface area (TPSA) is 74.3 Å². The molecule has 1 aliphatic rings. The number of benzene rings is 1. The van der Waals surface area contributed by atoms with Crippen molar-refractivity contribution < 1.29 is 9.59 Å². The van der Waals surface area contributed by atoms with Crippen molar-refractivity contribution in [3.05, 3.63) is 54.2 Å². The van der Waals surface area contributed by atoms with Crippen LogP contribution < -0.4 is 15.5 Å². The van der Waals surface area contributed by atoms with Gasteiger partial charge in [0.25, 0.3) is 0 Å². The number of nitrogens with zero attached hydrogens (tertiary/aromatic N) is 2. The number of amides is 3. The number of pyridine rings is 1. The summed E-state index contributed by atoms with van der Waals surface area (Å²) in [5.74, 6) is 0.502. The molecule has 1 aliphatic heterocycles. The Bertz CT molecular complexity index is 718. The largest absolute Gasteiger partial charge is 0.333 e. The van der Waals surface area contributed by atoms with Gasteiger partial charge in [0, 0.05) is 24.3 Å². The summed E-state index contributed by atoms with van der Waals surface area (Å²) >= 11 is 0. The number of urea groups is 1. The summed E-state index contributed by atoms with van der Waals surface area (Å²) in [7, 11) is 0. The van der Waals surface area contributed by atoms with Crippen LogP contribution in [0.2, 0.25) is 0 Å².